The molecule has 82 valence electrons. The first-order chi connectivity index (χ1) is 6.56. The van der Waals surface area contributed by atoms with E-state index in [0.717, 1.165) is 6.07 Å². The fourth-order valence-corrected chi connectivity index (χ4v) is 1.06. The van der Waals surface area contributed by atoms with Crippen LogP contribution in [0.4, 0.5) is 5.69 Å². The van der Waals surface area contributed by atoms with Crippen LogP contribution in [0, 0.1) is 10.1 Å². The molecule has 0 aromatic heterocycles. The van der Waals surface area contributed by atoms with Crippen LogP contribution in [0.3, 0.4) is 0 Å². The Hall–Kier alpha value is -1.37. The number of nitrogens with one attached hydrogen (secondary N) is 1. The highest BCUT2D eigenvalue weighted by molar-refractivity contribution is 6.32. The molecule has 0 radical (unpaired) electrons. The van der Waals surface area contributed by atoms with Crippen molar-refractivity contribution in [2.75, 3.05) is 0 Å². The molecule has 0 unspecified atom stereocenters. The zero-order chi connectivity index (χ0) is 10.7. The normalized spacial score (nSPS) is 8.93. The van der Waals surface area contributed by atoms with Gasteiger partial charge >= 0.3 is 0 Å². The summed E-state index contributed by atoms with van der Waals surface area (Å²) in [6, 6.07) is 3.67. The number of hydrogen-bond acceptors (Lipinski definition) is 4. The number of nitrogens with two attached hydrogens (primary N) is 1. The van der Waals surface area contributed by atoms with Crippen molar-refractivity contribution in [1.82, 2.24) is 5.43 Å². The first-order valence-electron chi connectivity index (χ1n) is 3.51. The van der Waals surface area contributed by atoms with E-state index in [9.17, 15) is 14.9 Å². The van der Waals surface area contributed by atoms with E-state index in [4.69, 9.17) is 17.4 Å². The maximum atomic E-state index is 11.0. The van der Waals surface area contributed by atoms with Crippen molar-refractivity contribution >= 4 is 35.6 Å². The van der Waals surface area contributed by atoms with Gasteiger partial charge in [-0.15, -0.1) is 12.4 Å². The van der Waals surface area contributed by atoms with E-state index in [0.29, 0.717) is 0 Å². The molecule has 1 amide bonds. The van der Waals surface area contributed by atoms with E-state index in [1.807, 2.05) is 5.43 Å². The molecule has 0 spiro atoms. The maximum absolute atomic E-state index is 11.0. The van der Waals surface area contributed by atoms with Crippen molar-refractivity contribution in [3.8, 4) is 0 Å². The number of hydrazine groups is 1. The monoisotopic (exact) mass is 251 g/mol. The summed E-state index contributed by atoms with van der Waals surface area (Å²) in [6.07, 6.45) is 0. The maximum Gasteiger partial charge on any atom is 0.288 e. The lowest BCUT2D eigenvalue weighted by Crippen LogP contribution is -2.29. The first-order valence-corrected chi connectivity index (χ1v) is 3.89. The molecule has 0 bridgehead atoms. The smallest absolute Gasteiger partial charge is 0.288 e. The highest BCUT2D eigenvalue weighted by Crippen LogP contribution is 2.24. The van der Waals surface area contributed by atoms with Gasteiger partial charge in [-0.2, -0.15) is 0 Å². The average Bonchev–Trinajstić information content (AvgIpc) is 2.17. The van der Waals surface area contributed by atoms with E-state index in [1.54, 1.807) is 0 Å². The van der Waals surface area contributed by atoms with Gasteiger partial charge in [-0.25, -0.2) is 5.84 Å². The third kappa shape index (κ3) is 3.05. The molecule has 6 nitrogen and oxygen atoms in total. The van der Waals surface area contributed by atoms with Gasteiger partial charge in [0.25, 0.3) is 11.6 Å². The van der Waals surface area contributed by atoms with Gasteiger partial charge in [-0.05, 0) is 12.1 Å². The molecule has 0 heterocycles. The quantitative estimate of drug-likeness (QED) is 0.358. The van der Waals surface area contributed by atoms with Crippen molar-refractivity contribution in [1.29, 1.82) is 0 Å². The number of nitro benzene ring substituents is 1. The molecular formula is C7H7Cl2N3O3. The van der Waals surface area contributed by atoms with Gasteiger partial charge in [0.1, 0.15) is 5.02 Å². The zero-order valence-corrected chi connectivity index (χ0v) is 8.84. The molecule has 0 aliphatic heterocycles. The summed E-state index contributed by atoms with van der Waals surface area (Å²) in [5, 5.41) is 10.4. The summed E-state index contributed by atoms with van der Waals surface area (Å²) in [5.74, 6) is 4.26. The molecule has 0 atom stereocenters. The summed E-state index contributed by atoms with van der Waals surface area (Å²) in [6.45, 7) is 0. The van der Waals surface area contributed by atoms with Gasteiger partial charge in [-0.3, -0.25) is 20.3 Å². The van der Waals surface area contributed by atoms with Gasteiger partial charge in [-0.1, -0.05) is 11.6 Å². The fraction of sp³-hybridized carbons (Fsp3) is 0. The van der Waals surface area contributed by atoms with Crippen LogP contribution in [0.25, 0.3) is 0 Å². The van der Waals surface area contributed by atoms with E-state index in [2.05, 4.69) is 0 Å². The minimum absolute atomic E-state index is 0. The highest BCUT2D eigenvalue weighted by atomic mass is 35.5. The van der Waals surface area contributed by atoms with Crippen molar-refractivity contribution < 1.29 is 9.72 Å². The van der Waals surface area contributed by atoms with Crippen molar-refractivity contribution in [3.05, 3.63) is 38.9 Å². The minimum atomic E-state index is -0.671. The predicted molar refractivity (Wildman–Crippen MR) is 57.0 cm³/mol. The largest absolute Gasteiger partial charge is 0.290 e. The lowest BCUT2D eigenvalue weighted by atomic mass is 10.2. The lowest BCUT2D eigenvalue weighted by Gasteiger charge is -2.00. The van der Waals surface area contributed by atoms with Crippen LogP contribution in [-0.4, -0.2) is 10.8 Å². The Kier molecular flexibility index (Phi) is 4.99. The molecule has 3 N–H and O–H groups in total. The molecule has 1 rings (SSSR count). The number of nitrogens with zero attached hydrogens (tertiary/aromatic N) is 1. The van der Waals surface area contributed by atoms with Crippen LogP contribution in [0.5, 0.6) is 0 Å². The summed E-state index contributed by atoms with van der Waals surface area (Å²) < 4.78 is 0. The third-order valence-electron chi connectivity index (χ3n) is 1.54. The second-order valence-electron chi connectivity index (χ2n) is 2.40. The van der Waals surface area contributed by atoms with Crippen LogP contribution in [0.2, 0.25) is 5.02 Å². The Morgan fingerprint density at radius 3 is 2.60 bits per heavy atom. The number of carbonyl (C=O) groups excluding carboxylic acids is 1. The summed E-state index contributed by atoms with van der Waals surface area (Å²) in [5.41, 5.74) is 1.62. The summed E-state index contributed by atoms with van der Waals surface area (Å²) >= 11 is 5.53. The molecule has 0 aliphatic carbocycles. The Morgan fingerprint density at radius 2 is 2.13 bits per heavy atom. The molecule has 1 aromatic rings. The van der Waals surface area contributed by atoms with Gasteiger partial charge in [0.05, 0.1) is 4.92 Å². The number of amides is 1. The second kappa shape index (κ2) is 5.50. The number of rotatable bonds is 2. The van der Waals surface area contributed by atoms with Crippen LogP contribution in [0.15, 0.2) is 18.2 Å². The number of nitro groups is 1. The van der Waals surface area contributed by atoms with Gasteiger partial charge < -0.3 is 0 Å². The summed E-state index contributed by atoms with van der Waals surface area (Å²) in [4.78, 5) is 20.8. The van der Waals surface area contributed by atoms with Crippen LogP contribution in [-0.2, 0) is 0 Å². The Balaban J connectivity index is 0.00000196. The van der Waals surface area contributed by atoms with Crippen molar-refractivity contribution in [2.24, 2.45) is 5.84 Å². The Bertz CT molecular complexity index is 397. The average molecular weight is 252 g/mol. The number of nitrogen functional groups attached to an aromatic ring is 1. The molecular weight excluding hydrogens is 245 g/mol. The van der Waals surface area contributed by atoms with Gasteiger partial charge in [0, 0.05) is 11.6 Å². The van der Waals surface area contributed by atoms with E-state index in [-0.39, 0.29) is 28.7 Å². The Morgan fingerprint density at radius 1 is 1.53 bits per heavy atom. The number of benzene rings is 1. The predicted octanol–water partition coefficient (Wildman–Crippen LogP) is 1.27. The van der Waals surface area contributed by atoms with Crippen LogP contribution >= 0.6 is 24.0 Å². The highest BCUT2D eigenvalue weighted by Gasteiger charge is 2.15. The Labute approximate surface area is 95.9 Å². The molecule has 0 aliphatic rings. The fourth-order valence-electron chi connectivity index (χ4n) is 0.877. The molecule has 0 saturated carbocycles. The number of halogens is 2. The van der Waals surface area contributed by atoms with Gasteiger partial charge in [0.2, 0.25) is 0 Å². The first kappa shape index (κ1) is 13.6. The number of hydrogen-bond donors (Lipinski definition) is 2. The van der Waals surface area contributed by atoms with E-state index in [1.165, 1.54) is 12.1 Å². The van der Waals surface area contributed by atoms with Gasteiger partial charge in [0.15, 0.2) is 0 Å². The third-order valence-corrected chi connectivity index (χ3v) is 1.86. The standard InChI is InChI=1S/C7H6ClN3O3.ClH/c8-5-2-1-4(7(12)10-9)3-6(5)11(13)14;/h1-3H,9H2,(H,10,12);1H. The topological polar surface area (TPSA) is 98.3 Å². The number of carbonyl (C=O) groups is 1. The van der Waals surface area contributed by atoms with Crippen molar-refractivity contribution in [3.63, 3.8) is 0 Å². The molecule has 0 fully saturated rings. The molecule has 8 heteroatoms. The molecule has 15 heavy (non-hydrogen) atoms. The second-order valence-corrected chi connectivity index (χ2v) is 2.80. The van der Waals surface area contributed by atoms with E-state index < -0.39 is 10.8 Å². The summed E-state index contributed by atoms with van der Waals surface area (Å²) in [7, 11) is 0. The minimum Gasteiger partial charge on any atom is -0.290 e. The lowest BCUT2D eigenvalue weighted by molar-refractivity contribution is -0.384. The van der Waals surface area contributed by atoms with Crippen LogP contribution < -0.4 is 11.3 Å². The zero-order valence-electron chi connectivity index (χ0n) is 7.27. The van der Waals surface area contributed by atoms with Crippen LogP contribution in [0.1, 0.15) is 10.4 Å². The van der Waals surface area contributed by atoms with Crippen molar-refractivity contribution in [2.45, 2.75) is 0 Å². The molecule has 1 aromatic carbocycles. The van der Waals surface area contributed by atoms with E-state index >= 15 is 0 Å². The SMILES string of the molecule is Cl.NNC(=O)c1ccc(Cl)c([N+](=O)[O-])c1. The molecule has 0 saturated heterocycles.